The van der Waals surface area contributed by atoms with Crippen molar-refractivity contribution in [3.05, 3.63) is 0 Å². The Morgan fingerprint density at radius 3 is 1.52 bits per heavy atom. The van der Waals surface area contributed by atoms with Crippen molar-refractivity contribution in [2.24, 2.45) is 50.3 Å². The Bertz CT molecular complexity index is 1510. The molecule has 62 heavy (non-hydrogen) atoms. The van der Waals surface area contributed by atoms with Crippen LogP contribution in [0.5, 0.6) is 0 Å². The molecule has 0 radical (unpaired) electrons. The van der Waals surface area contributed by atoms with Gasteiger partial charge in [0.25, 0.3) is 0 Å². The molecular weight excluding hydrogens is 835 g/mol. The first-order valence-corrected chi connectivity index (χ1v) is 21.6. The van der Waals surface area contributed by atoms with Gasteiger partial charge in [0.05, 0.1) is 19.2 Å². The number of aliphatic hydroxyl groups excluding tert-OH is 1. The van der Waals surface area contributed by atoms with Crippen LogP contribution in [0, 0.1) is 5.92 Å². The average Bonchev–Trinajstić information content (AvgIpc) is 3.20. The highest BCUT2D eigenvalue weighted by molar-refractivity contribution is 7.98. The summed E-state index contributed by atoms with van der Waals surface area (Å²) < 4.78 is 0. The summed E-state index contributed by atoms with van der Waals surface area (Å²) in [5.74, 6) is -6.76. The Morgan fingerprint density at radius 2 is 1.05 bits per heavy atom. The van der Waals surface area contributed by atoms with Crippen LogP contribution >= 0.6 is 11.8 Å². The van der Waals surface area contributed by atoms with Crippen molar-refractivity contribution < 1.29 is 48.6 Å². The maximum atomic E-state index is 13.5. The van der Waals surface area contributed by atoms with E-state index in [0.717, 1.165) is 0 Å². The second kappa shape index (κ2) is 32.3. The van der Waals surface area contributed by atoms with Crippen molar-refractivity contribution in [3.8, 4) is 0 Å². The third kappa shape index (κ3) is 26.0. The van der Waals surface area contributed by atoms with Crippen LogP contribution in [0.1, 0.15) is 71.6 Å². The molecule has 0 aromatic heterocycles. The van der Waals surface area contributed by atoms with Gasteiger partial charge in [0, 0.05) is 13.1 Å². The maximum absolute atomic E-state index is 13.5. The average molecular weight is 904 g/mol. The molecule has 0 aliphatic rings. The minimum absolute atomic E-state index is 0.00949. The first-order chi connectivity index (χ1) is 29.2. The van der Waals surface area contributed by atoms with Crippen molar-refractivity contribution in [1.82, 2.24) is 37.2 Å². The zero-order chi connectivity index (χ0) is 47.2. The van der Waals surface area contributed by atoms with E-state index in [4.69, 9.17) is 39.5 Å². The SMILES string of the molecule is CSCC[C@H](N)C(=O)N[C@@H](CCCN=C(N)N)C(=O)NCC(=O)N[C@@H](CC(C)C)C(=O)N[C@@H](CO)C(=O)N[C@@H](CCCCN)C(=O)N[C@@H](CCCN=C(N)N)C(=O)NCC(=O)O. The normalized spacial score (nSPS) is 13.7. The minimum atomic E-state index is -1.61. The number of guanidine groups is 2. The van der Waals surface area contributed by atoms with E-state index in [0.29, 0.717) is 31.4 Å². The predicted octanol–water partition coefficient (Wildman–Crippen LogP) is -5.92. The zero-order valence-corrected chi connectivity index (χ0v) is 36.6. The molecule has 0 saturated heterocycles. The van der Waals surface area contributed by atoms with E-state index in [2.05, 4.69) is 47.2 Å². The molecule has 0 heterocycles. The summed E-state index contributed by atoms with van der Waals surface area (Å²) in [5.41, 5.74) is 33.0. The maximum Gasteiger partial charge on any atom is 0.322 e. The van der Waals surface area contributed by atoms with Crippen LogP contribution in [0.25, 0.3) is 0 Å². The Kier molecular flexibility index (Phi) is 29.4. The van der Waals surface area contributed by atoms with Crippen LogP contribution in [-0.2, 0) is 38.4 Å². The van der Waals surface area contributed by atoms with Crippen molar-refractivity contribution in [2.75, 3.05) is 51.3 Å². The van der Waals surface area contributed by atoms with E-state index < -0.39 is 103 Å². The number of aliphatic hydroxyl groups is 1. The predicted molar refractivity (Wildman–Crippen MR) is 234 cm³/mol. The first-order valence-electron chi connectivity index (χ1n) is 20.2. The second-order valence-electron chi connectivity index (χ2n) is 14.6. The third-order valence-corrected chi connectivity index (χ3v) is 9.36. The number of unbranched alkanes of at least 4 members (excludes halogenated alkanes) is 1. The topological polar surface area (TPSA) is 442 Å². The molecule has 0 aliphatic heterocycles. The number of hydrogen-bond acceptors (Lipinski definition) is 14. The molecule has 0 bridgehead atoms. The summed E-state index contributed by atoms with van der Waals surface area (Å²) >= 11 is 1.50. The van der Waals surface area contributed by atoms with Gasteiger partial charge in [-0.05, 0) is 82.3 Å². The molecule has 6 atom stereocenters. The molecule has 0 saturated carbocycles. The fourth-order valence-electron chi connectivity index (χ4n) is 5.50. The van der Waals surface area contributed by atoms with Crippen molar-refractivity contribution in [3.63, 3.8) is 0 Å². The van der Waals surface area contributed by atoms with Crippen LogP contribution in [0.15, 0.2) is 9.98 Å². The summed E-state index contributed by atoms with van der Waals surface area (Å²) in [6.07, 6.45) is 3.73. The number of carboxylic acids is 1. The lowest BCUT2D eigenvalue weighted by atomic mass is 10.0. The molecule has 0 fully saturated rings. The van der Waals surface area contributed by atoms with Gasteiger partial charge in [0.2, 0.25) is 41.4 Å². The summed E-state index contributed by atoms with van der Waals surface area (Å²) in [6.45, 7) is 1.81. The lowest BCUT2D eigenvalue weighted by Gasteiger charge is -2.26. The lowest BCUT2D eigenvalue weighted by molar-refractivity contribution is -0.138. The van der Waals surface area contributed by atoms with Crippen LogP contribution in [-0.4, -0.2) is 157 Å². The molecule has 0 rings (SSSR count). The number of thioether (sulfide) groups is 1. The van der Waals surface area contributed by atoms with Crippen LogP contribution in [0.3, 0.4) is 0 Å². The van der Waals surface area contributed by atoms with Gasteiger partial charge in [-0.2, -0.15) is 11.8 Å². The van der Waals surface area contributed by atoms with Gasteiger partial charge >= 0.3 is 5.97 Å². The van der Waals surface area contributed by atoms with E-state index in [9.17, 15) is 43.5 Å². The number of nitrogens with one attached hydrogen (secondary N) is 7. The van der Waals surface area contributed by atoms with Gasteiger partial charge in [-0.1, -0.05) is 13.8 Å². The largest absolute Gasteiger partial charge is 0.480 e. The smallest absolute Gasteiger partial charge is 0.322 e. The zero-order valence-electron chi connectivity index (χ0n) is 35.8. The van der Waals surface area contributed by atoms with E-state index in [1.165, 1.54) is 11.8 Å². The molecule has 0 aromatic carbocycles. The highest BCUT2D eigenvalue weighted by Crippen LogP contribution is 2.08. The molecule has 25 nitrogen and oxygen atoms in total. The number of amides is 7. The lowest BCUT2D eigenvalue weighted by Crippen LogP contribution is -2.59. The number of aliphatic imine (C=N–C) groups is 2. The molecule has 21 N–H and O–H groups in total. The number of nitrogens with two attached hydrogens (primary N) is 6. The van der Waals surface area contributed by atoms with Crippen molar-refractivity contribution >= 4 is 71.0 Å². The number of carboxylic acid groups (broad SMARTS) is 1. The molecule has 0 aliphatic carbocycles. The van der Waals surface area contributed by atoms with Crippen molar-refractivity contribution in [2.45, 2.75) is 108 Å². The summed E-state index contributed by atoms with van der Waals surface area (Å²) in [6, 6.07) is -7.39. The van der Waals surface area contributed by atoms with Crippen LogP contribution < -0.4 is 71.6 Å². The number of nitrogens with zero attached hydrogens (tertiary/aromatic N) is 2. The number of carbonyl (C=O) groups is 8. The van der Waals surface area contributed by atoms with Crippen molar-refractivity contribution in [1.29, 1.82) is 0 Å². The number of carbonyl (C=O) groups excluding carboxylic acids is 7. The second-order valence-corrected chi connectivity index (χ2v) is 15.6. The third-order valence-electron chi connectivity index (χ3n) is 8.72. The standard InChI is InChI=1S/C36H69N15O10S/c1-20(2)16-25(47-27(53)17-45-30(57)22(9-6-13-43-35(39)40)48-29(56)21(38)11-15-62-3)33(60)51-26(19-52)34(61)50-24(8-4-5-12-37)32(59)49-23(10-7-14-44-36(41)42)31(58)46-18-28(54)55/h20-26,52H,4-19,37-38H2,1-3H3,(H,45,57)(H,46,58)(H,47,53)(H,48,56)(H,49,59)(H,50,61)(H,51,60)(H,54,55)(H4,39,40,43)(H4,41,42,44)/t21-,22-,23-,24-,25-,26-/m0/s1. The van der Waals surface area contributed by atoms with Gasteiger partial charge in [-0.3, -0.25) is 48.3 Å². The number of rotatable bonds is 33. The Hall–Kier alpha value is -5.47. The van der Waals surface area contributed by atoms with Gasteiger partial charge in [0.1, 0.15) is 36.8 Å². The summed E-state index contributed by atoms with van der Waals surface area (Å²) in [7, 11) is 0. The van der Waals surface area contributed by atoms with Gasteiger partial charge in [-0.25, -0.2) is 0 Å². The van der Waals surface area contributed by atoms with Gasteiger partial charge in [-0.15, -0.1) is 0 Å². The highest BCUT2D eigenvalue weighted by Gasteiger charge is 2.32. The van der Waals surface area contributed by atoms with E-state index >= 15 is 0 Å². The number of aliphatic carboxylic acids is 1. The van der Waals surface area contributed by atoms with Crippen LogP contribution in [0.2, 0.25) is 0 Å². The molecule has 7 amide bonds. The van der Waals surface area contributed by atoms with E-state index in [-0.39, 0.29) is 69.6 Å². The summed E-state index contributed by atoms with van der Waals surface area (Å²) in [4.78, 5) is 111. The Labute approximate surface area is 365 Å². The van der Waals surface area contributed by atoms with E-state index in [1.54, 1.807) is 13.8 Å². The molecule has 26 heteroatoms. The fourth-order valence-corrected chi connectivity index (χ4v) is 5.99. The molecular formula is C36H69N15O10S. The Balaban J connectivity index is 5.94. The van der Waals surface area contributed by atoms with E-state index in [1.807, 2.05) is 6.26 Å². The monoisotopic (exact) mass is 904 g/mol. The quantitative estimate of drug-likeness (QED) is 0.0166. The first kappa shape index (κ1) is 56.5. The van der Waals surface area contributed by atoms with Gasteiger partial charge < -0.3 is 81.8 Å². The fraction of sp³-hybridized carbons (Fsp3) is 0.722. The minimum Gasteiger partial charge on any atom is -0.480 e. The number of hydrogen-bond donors (Lipinski definition) is 15. The summed E-state index contributed by atoms with van der Waals surface area (Å²) in [5, 5.41) is 36.3. The molecule has 354 valence electrons. The highest BCUT2D eigenvalue weighted by atomic mass is 32.2. The molecule has 0 unspecified atom stereocenters. The molecule has 0 aromatic rings. The Morgan fingerprint density at radius 1 is 0.597 bits per heavy atom. The van der Waals surface area contributed by atoms with Gasteiger partial charge in [0.15, 0.2) is 11.9 Å². The molecule has 0 spiro atoms. The van der Waals surface area contributed by atoms with Crippen LogP contribution in [0.4, 0.5) is 0 Å².